The van der Waals surface area contributed by atoms with Gasteiger partial charge in [-0.15, -0.1) is 0 Å². The van der Waals surface area contributed by atoms with Crippen molar-refractivity contribution in [2.45, 2.75) is 58.6 Å². The number of aryl methyl sites for hydroxylation is 1. The zero-order chi connectivity index (χ0) is 20.3. The molecule has 1 atom stereocenters. The first-order valence-corrected chi connectivity index (χ1v) is 11.3. The summed E-state index contributed by atoms with van der Waals surface area (Å²) in [6.45, 7) is 11.9. The van der Waals surface area contributed by atoms with E-state index in [1.54, 1.807) is 0 Å². The Labute approximate surface area is 176 Å². The monoisotopic (exact) mass is 402 g/mol. The van der Waals surface area contributed by atoms with E-state index in [9.17, 15) is 0 Å². The first-order chi connectivity index (χ1) is 14.2. The van der Waals surface area contributed by atoms with Crippen LogP contribution in [0.4, 0.5) is 0 Å². The van der Waals surface area contributed by atoms with Gasteiger partial charge in [-0.2, -0.15) is 0 Å². The molecule has 2 fully saturated rings. The number of guanidine groups is 1. The number of unbranched alkanes of at least 4 members (excludes halogenated alkanes) is 1. The van der Waals surface area contributed by atoms with Crippen molar-refractivity contribution in [2.75, 3.05) is 45.9 Å². The van der Waals surface area contributed by atoms with Crippen molar-refractivity contribution >= 4 is 5.96 Å². The van der Waals surface area contributed by atoms with Gasteiger partial charge >= 0.3 is 0 Å². The maximum atomic E-state index is 6.20. The molecule has 2 saturated heterocycles. The molecule has 0 aliphatic carbocycles. The van der Waals surface area contributed by atoms with Crippen molar-refractivity contribution in [2.24, 2.45) is 4.99 Å². The largest absolute Gasteiger partial charge is 0.488 e. The minimum absolute atomic E-state index is 0.154. The number of ether oxygens (including phenoxy) is 2. The summed E-state index contributed by atoms with van der Waals surface area (Å²) in [7, 11) is 0. The van der Waals surface area contributed by atoms with Gasteiger partial charge in [0.05, 0.1) is 19.8 Å². The molecule has 2 aliphatic rings. The summed E-state index contributed by atoms with van der Waals surface area (Å²) >= 11 is 0. The van der Waals surface area contributed by atoms with E-state index in [-0.39, 0.29) is 6.10 Å². The van der Waals surface area contributed by atoms with Crippen LogP contribution in [0.2, 0.25) is 0 Å². The molecule has 0 bridgehead atoms. The molecule has 0 aromatic heterocycles. The van der Waals surface area contributed by atoms with Gasteiger partial charge in [0.15, 0.2) is 5.96 Å². The molecular formula is C23H38N4O2. The number of hydrogen-bond acceptors (Lipinski definition) is 4. The molecular weight excluding hydrogens is 364 g/mol. The zero-order valence-corrected chi connectivity index (χ0v) is 18.2. The lowest BCUT2D eigenvalue weighted by atomic mass is 10.1. The van der Waals surface area contributed by atoms with Crippen LogP contribution in [0.1, 0.15) is 50.2 Å². The molecule has 0 spiro atoms. The molecule has 0 saturated carbocycles. The summed E-state index contributed by atoms with van der Waals surface area (Å²) in [6.07, 6.45) is 6.26. The van der Waals surface area contributed by atoms with Crippen LogP contribution in [0.25, 0.3) is 0 Å². The third-order valence-corrected chi connectivity index (χ3v) is 5.55. The van der Waals surface area contributed by atoms with Gasteiger partial charge in [-0.25, -0.2) is 4.99 Å². The Bertz CT molecular complexity index is 638. The van der Waals surface area contributed by atoms with E-state index in [1.165, 1.54) is 50.9 Å². The number of aliphatic imine (C=N–C) groups is 1. The van der Waals surface area contributed by atoms with Crippen LogP contribution in [0.5, 0.6) is 5.75 Å². The fourth-order valence-electron chi connectivity index (χ4n) is 3.87. The van der Waals surface area contributed by atoms with Crippen LogP contribution in [0.15, 0.2) is 23.2 Å². The van der Waals surface area contributed by atoms with Gasteiger partial charge < -0.3 is 25.0 Å². The van der Waals surface area contributed by atoms with Crippen molar-refractivity contribution in [1.82, 2.24) is 15.5 Å². The minimum Gasteiger partial charge on any atom is -0.488 e. The lowest BCUT2D eigenvalue weighted by molar-refractivity contribution is 0.140. The predicted octanol–water partition coefficient (Wildman–Crippen LogP) is 3.09. The van der Waals surface area contributed by atoms with E-state index in [4.69, 9.17) is 14.5 Å². The quantitative estimate of drug-likeness (QED) is 0.358. The maximum Gasteiger partial charge on any atom is 0.191 e. The van der Waals surface area contributed by atoms with Gasteiger partial charge in [-0.3, -0.25) is 0 Å². The van der Waals surface area contributed by atoms with E-state index in [0.29, 0.717) is 13.2 Å². The van der Waals surface area contributed by atoms with Gasteiger partial charge in [0.2, 0.25) is 0 Å². The molecule has 6 heteroatoms. The lowest BCUT2D eigenvalue weighted by Gasteiger charge is -2.17. The molecule has 1 aromatic carbocycles. The predicted molar refractivity (Wildman–Crippen MR) is 119 cm³/mol. The maximum absolute atomic E-state index is 6.20. The summed E-state index contributed by atoms with van der Waals surface area (Å²) in [5, 5.41) is 6.84. The molecule has 2 N–H and O–H groups in total. The van der Waals surface area contributed by atoms with Gasteiger partial charge in [-0.1, -0.05) is 12.1 Å². The molecule has 0 radical (unpaired) electrons. The molecule has 29 heavy (non-hydrogen) atoms. The summed E-state index contributed by atoms with van der Waals surface area (Å²) in [5.74, 6) is 1.81. The van der Waals surface area contributed by atoms with Crippen LogP contribution < -0.4 is 15.4 Å². The first kappa shape index (κ1) is 21.9. The van der Waals surface area contributed by atoms with Crippen LogP contribution in [-0.4, -0.2) is 62.9 Å². The Balaban J connectivity index is 1.49. The van der Waals surface area contributed by atoms with Crippen molar-refractivity contribution < 1.29 is 9.47 Å². The molecule has 3 rings (SSSR count). The highest BCUT2D eigenvalue weighted by atomic mass is 16.5. The number of rotatable bonds is 10. The summed E-state index contributed by atoms with van der Waals surface area (Å²) in [4.78, 5) is 7.37. The van der Waals surface area contributed by atoms with Gasteiger partial charge in [0, 0.05) is 25.1 Å². The SMILES string of the molecule is CCNC(=NCc1ccc(C)cc1OC1CCOC1)NCCCCN1CCCC1. The minimum atomic E-state index is 0.154. The highest BCUT2D eigenvalue weighted by Crippen LogP contribution is 2.24. The Morgan fingerprint density at radius 2 is 2.10 bits per heavy atom. The highest BCUT2D eigenvalue weighted by Gasteiger charge is 2.18. The average molecular weight is 403 g/mol. The zero-order valence-electron chi connectivity index (χ0n) is 18.2. The van der Waals surface area contributed by atoms with Crippen LogP contribution in [-0.2, 0) is 11.3 Å². The second-order valence-corrected chi connectivity index (χ2v) is 8.09. The topological polar surface area (TPSA) is 58.1 Å². The smallest absolute Gasteiger partial charge is 0.191 e. The van der Waals surface area contributed by atoms with Gasteiger partial charge in [0.25, 0.3) is 0 Å². The molecule has 1 aromatic rings. The number of likely N-dealkylation sites (tertiary alicyclic amines) is 1. The first-order valence-electron chi connectivity index (χ1n) is 11.3. The van der Waals surface area contributed by atoms with E-state index in [0.717, 1.165) is 43.4 Å². The Morgan fingerprint density at radius 1 is 1.24 bits per heavy atom. The standard InChI is InChI=1S/C23H38N4O2/c1-3-24-23(25-11-4-5-12-27-13-6-7-14-27)26-17-20-9-8-19(2)16-22(20)29-21-10-15-28-18-21/h8-9,16,21H,3-7,10-15,17-18H2,1-2H3,(H2,24,25,26). The van der Waals surface area contributed by atoms with E-state index < -0.39 is 0 Å². The molecule has 2 aliphatic heterocycles. The summed E-state index contributed by atoms with van der Waals surface area (Å²) in [6, 6.07) is 6.37. The number of hydrogen-bond donors (Lipinski definition) is 2. The molecule has 162 valence electrons. The molecule has 0 amide bonds. The average Bonchev–Trinajstić information content (AvgIpc) is 3.41. The summed E-state index contributed by atoms with van der Waals surface area (Å²) < 4.78 is 11.7. The van der Waals surface area contributed by atoms with Crippen molar-refractivity contribution in [3.8, 4) is 5.75 Å². The number of benzene rings is 1. The molecule has 1 unspecified atom stereocenters. The fraction of sp³-hybridized carbons (Fsp3) is 0.696. The Morgan fingerprint density at radius 3 is 2.86 bits per heavy atom. The fourth-order valence-corrected chi connectivity index (χ4v) is 3.87. The van der Waals surface area contributed by atoms with Crippen LogP contribution in [0.3, 0.4) is 0 Å². The number of nitrogens with zero attached hydrogens (tertiary/aromatic N) is 2. The van der Waals surface area contributed by atoms with E-state index in [1.807, 2.05) is 0 Å². The summed E-state index contributed by atoms with van der Waals surface area (Å²) in [5.41, 5.74) is 2.32. The van der Waals surface area contributed by atoms with Crippen molar-refractivity contribution in [1.29, 1.82) is 0 Å². The van der Waals surface area contributed by atoms with Gasteiger partial charge in [-0.05, 0) is 70.8 Å². The van der Waals surface area contributed by atoms with E-state index >= 15 is 0 Å². The third kappa shape index (κ3) is 7.52. The second kappa shape index (κ2) is 12.0. The number of nitrogens with one attached hydrogen (secondary N) is 2. The normalized spacial score (nSPS) is 20.2. The Kier molecular flexibility index (Phi) is 9.09. The Hall–Kier alpha value is -1.79. The van der Waals surface area contributed by atoms with Crippen LogP contribution >= 0.6 is 0 Å². The highest BCUT2D eigenvalue weighted by molar-refractivity contribution is 5.79. The van der Waals surface area contributed by atoms with Gasteiger partial charge in [0.1, 0.15) is 11.9 Å². The van der Waals surface area contributed by atoms with Crippen molar-refractivity contribution in [3.63, 3.8) is 0 Å². The third-order valence-electron chi connectivity index (χ3n) is 5.55. The van der Waals surface area contributed by atoms with Crippen LogP contribution in [0, 0.1) is 6.92 Å². The lowest BCUT2D eigenvalue weighted by Crippen LogP contribution is -2.38. The van der Waals surface area contributed by atoms with Crippen molar-refractivity contribution in [3.05, 3.63) is 29.3 Å². The molecule has 6 nitrogen and oxygen atoms in total. The second-order valence-electron chi connectivity index (χ2n) is 8.09. The van der Waals surface area contributed by atoms with E-state index in [2.05, 4.69) is 47.6 Å². The molecule has 2 heterocycles.